The standard InChI is InChI=1S/C23H36N6S/c1-19(28(3)17-20-9-5-4-6-10-20)11-13-25-22(24-2)26-14-12-21-18-30-23(27-21)29-15-7-8-16-29/h4-6,9-10,18-19H,7-8,11-17H2,1-3H3,(H2,24,25,26). The van der Waals surface area contributed by atoms with Crippen molar-refractivity contribution >= 4 is 22.4 Å². The fourth-order valence-corrected chi connectivity index (χ4v) is 4.56. The summed E-state index contributed by atoms with van der Waals surface area (Å²) in [6.45, 7) is 7.30. The van der Waals surface area contributed by atoms with Gasteiger partial charge in [0.2, 0.25) is 0 Å². The summed E-state index contributed by atoms with van der Waals surface area (Å²) in [5.74, 6) is 0.864. The topological polar surface area (TPSA) is 55.8 Å². The minimum absolute atomic E-state index is 0.495. The van der Waals surface area contributed by atoms with Gasteiger partial charge in [-0.2, -0.15) is 0 Å². The lowest BCUT2D eigenvalue weighted by molar-refractivity contribution is 0.238. The molecule has 2 aromatic rings. The lowest BCUT2D eigenvalue weighted by Gasteiger charge is -2.25. The molecule has 2 heterocycles. The van der Waals surface area contributed by atoms with Gasteiger partial charge in [0.1, 0.15) is 0 Å². The molecule has 1 atom stereocenters. The van der Waals surface area contributed by atoms with Gasteiger partial charge in [-0.1, -0.05) is 30.3 Å². The van der Waals surface area contributed by atoms with Crippen molar-refractivity contribution in [2.24, 2.45) is 4.99 Å². The molecule has 0 radical (unpaired) electrons. The molecule has 0 amide bonds. The molecule has 1 aliphatic rings. The Morgan fingerprint density at radius 2 is 1.93 bits per heavy atom. The van der Waals surface area contributed by atoms with E-state index in [0.29, 0.717) is 6.04 Å². The van der Waals surface area contributed by atoms with Gasteiger partial charge in [-0.05, 0) is 38.8 Å². The number of thiazole rings is 1. The fraction of sp³-hybridized carbons (Fsp3) is 0.565. The van der Waals surface area contributed by atoms with Gasteiger partial charge in [0.15, 0.2) is 11.1 Å². The normalized spacial score (nSPS) is 15.6. The summed E-state index contributed by atoms with van der Waals surface area (Å²) in [4.78, 5) is 13.9. The summed E-state index contributed by atoms with van der Waals surface area (Å²) in [6, 6.07) is 11.1. The van der Waals surface area contributed by atoms with Crippen LogP contribution in [0.4, 0.5) is 5.13 Å². The van der Waals surface area contributed by atoms with Crippen LogP contribution in [0.2, 0.25) is 0 Å². The highest BCUT2D eigenvalue weighted by molar-refractivity contribution is 7.13. The highest BCUT2D eigenvalue weighted by atomic mass is 32.1. The summed E-state index contributed by atoms with van der Waals surface area (Å²) in [7, 11) is 4.02. The van der Waals surface area contributed by atoms with Crippen LogP contribution in [0.1, 0.15) is 37.4 Å². The molecule has 0 aliphatic carbocycles. The lowest BCUT2D eigenvalue weighted by Crippen LogP contribution is -2.40. The number of anilines is 1. The zero-order valence-corrected chi connectivity index (χ0v) is 19.4. The third-order valence-corrected chi connectivity index (χ3v) is 6.65. The van der Waals surface area contributed by atoms with Crippen LogP contribution in [0.3, 0.4) is 0 Å². The van der Waals surface area contributed by atoms with Gasteiger partial charge in [-0.25, -0.2) is 4.98 Å². The largest absolute Gasteiger partial charge is 0.356 e. The van der Waals surface area contributed by atoms with E-state index in [-0.39, 0.29) is 0 Å². The third-order valence-electron chi connectivity index (χ3n) is 5.70. The molecule has 1 aromatic carbocycles. The zero-order valence-electron chi connectivity index (χ0n) is 18.6. The van der Waals surface area contributed by atoms with Crippen molar-refractivity contribution in [1.82, 2.24) is 20.5 Å². The van der Waals surface area contributed by atoms with Crippen LogP contribution in [-0.4, -0.2) is 62.2 Å². The van der Waals surface area contributed by atoms with E-state index in [0.717, 1.165) is 51.5 Å². The molecule has 2 N–H and O–H groups in total. The Bertz CT molecular complexity index is 769. The Morgan fingerprint density at radius 1 is 1.20 bits per heavy atom. The predicted octanol–water partition coefficient (Wildman–Crippen LogP) is 3.36. The number of aromatic nitrogens is 1. The Balaban J connectivity index is 1.32. The maximum atomic E-state index is 4.79. The molecule has 1 aliphatic heterocycles. The van der Waals surface area contributed by atoms with E-state index in [1.54, 1.807) is 11.3 Å². The van der Waals surface area contributed by atoms with Crippen molar-refractivity contribution in [2.45, 2.75) is 45.2 Å². The molecule has 0 saturated carbocycles. The number of benzene rings is 1. The van der Waals surface area contributed by atoms with E-state index >= 15 is 0 Å². The summed E-state index contributed by atoms with van der Waals surface area (Å²) >= 11 is 1.77. The van der Waals surface area contributed by atoms with Crippen molar-refractivity contribution < 1.29 is 0 Å². The zero-order chi connectivity index (χ0) is 21.2. The highest BCUT2D eigenvalue weighted by Gasteiger charge is 2.15. The number of rotatable bonds is 10. The quantitative estimate of drug-likeness (QED) is 0.449. The van der Waals surface area contributed by atoms with Gasteiger partial charge in [0.05, 0.1) is 5.69 Å². The average molecular weight is 429 g/mol. The molecule has 6 nitrogen and oxygen atoms in total. The van der Waals surface area contributed by atoms with Gasteiger partial charge in [-0.3, -0.25) is 9.89 Å². The first kappa shape index (κ1) is 22.6. The number of guanidine groups is 1. The molecule has 1 fully saturated rings. The number of hydrogen-bond acceptors (Lipinski definition) is 5. The van der Waals surface area contributed by atoms with E-state index in [4.69, 9.17) is 4.98 Å². The number of hydrogen-bond donors (Lipinski definition) is 2. The van der Waals surface area contributed by atoms with Crippen molar-refractivity contribution in [3.05, 3.63) is 47.0 Å². The Morgan fingerprint density at radius 3 is 2.67 bits per heavy atom. The molecule has 0 bridgehead atoms. The number of nitrogens with one attached hydrogen (secondary N) is 2. The number of nitrogens with zero attached hydrogens (tertiary/aromatic N) is 4. The van der Waals surface area contributed by atoms with E-state index in [1.165, 1.54) is 29.2 Å². The van der Waals surface area contributed by atoms with Crippen molar-refractivity contribution in [1.29, 1.82) is 0 Å². The van der Waals surface area contributed by atoms with E-state index in [9.17, 15) is 0 Å². The molecule has 7 heteroatoms. The first-order chi connectivity index (χ1) is 14.7. The maximum Gasteiger partial charge on any atom is 0.190 e. The monoisotopic (exact) mass is 428 g/mol. The molecular weight excluding hydrogens is 392 g/mol. The maximum absolute atomic E-state index is 4.79. The second-order valence-corrected chi connectivity index (χ2v) is 8.87. The lowest BCUT2D eigenvalue weighted by atomic mass is 10.1. The molecule has 164 valence electrons. The van der Waals surface area contributed by atoms with Gasteiger partial charge >= 0.3 is 0 Å². The molecule has 1 unspecified atom stereocenters. The Kier molecular flexibility index (Phi) is 8.96. The van der Waals surface area contributed by atoms with Gasteiger partial charge in [0, 0.05) is 57.6 Å². The fourth-order valence-electron chi connectivity index (χ4n) is 3.64. The van der Waals surface area contributed by atoms with Crippen LogP contribution in [0.15, 0.2) is 40.7 Å². The van der Waals surface area contributed by atoms with Crippen LogP contribution in [0.25, 0.3) is 0 Å². The molecule has 0 spiro atoms. The molecule has 1 aromatic heterocycles. The van der Waals surface area contributed by atoms with E-state index in [1.807, 2.05) is 7.05 Å². The first-order valence-electron chi connectivity index (χ1n) is 11.0. The summed E-state index contributed by atoms with van der Waals surface area (Å²) in [5, 5.41) is 10.2. The Labute approximate surface area is 185 Å². The van der Waals surface area contributed by atoms with Gasteiger partial charge in [-0.15, -0.1) is 11.3 Å². The molecular formula is C23H36N6S. The van der Waals surface area contributed by atoms with Gasteiger partial charge in [0.25, 0.3) is 0 Å². The van der Waals surface area contributed by atoms with E-state index in [2.05, 4.69) is 75.1 Å². The van der Waals surface area contributed by atoms with Crippen LogP contribution in [0.5, 0.6) is 0 Å². The highest BCUT2D eigenvalue weighted by Crippen LogP contribution is 2.24. The second-order valence-electron chi connectivity index (χ2n) is 8.03. The van der Waals surface area contributed by atoms with Crippen LogP contribution in [-0.2, 0) is 13.0 Å². The van der Waals surface area contributed by atoms with Crippen LogP contribution >= 0.6 is 11.3 Å². The molecule has 30 heavy (non-hydrogen) atoms. The van der Waals surface area contributed by atoms with Crippen LogP contribution in [0, 0.1) is 0 Å². The smallest absolute Gasteiger partial charge is 0.190 e. The van der Waals surface area contributed by atoms with E-state index < -0.39 is 0 Å². The Hall–Kier alpha value is -2.12. The average Bonchev–Trinajstić information content (AvgIpc) is 3.45. The van der Waals surface area contributed by atoms with Crippen LogP contribution < -0.4 is 15.5 Å². The summed E-state index contributed by atoms with van der Waals surface area (Å²) in [6.07, 6.45) is 4.56. The number of aliphatic imine (C=N–C) groups is 1. The first-order valence-corrected chi connectivity index (χ1v) is 11.9. The van der Waals surface area contributed by atoms with Crippen molar-refractivity contribution in [3.8, 4) is 0 Å². The SMILES string of the molecule is CN=C(NCCc1csc(N2CCCC2)n1)NCCC(C)N(C)Cc1ccccc1. The van der Waals surface area contributed by atoms with Crippen molar-refractivity contribution in [2.75, 3.05) is 45.2 Å². The molecule has 1 saturated heterocycles. The second kappa shape index (κ2) is 11.9. The summed E-state index contributed by atoms with van der Waals surface area (Å²) < 4.78 is 0. The minimum Gasteiger partial charge on any atom is -0.356 e. The third kappa shape index (κ3) is 6.99. The summed E-state index contributed by atoms with van der Waals surface area (Å²) in [5.41, 5.74) is 2.52. The van der Waals surface area contributed by atoms with Crippen molar-refractivity contribution in [3.63, 3.8) is 0 Å². The van der Waals surface area contributed by atoms with Gasteiger partial charge < -0.3 is 15.5 Å². The predicted molar refractivity (Wildman–Crippen MR) is 129 cm³/mol. The molecule has 3 rings (SSSR count). The minimum atomic E-state index is 0.495.